The summed E-state index contributed by atoms with van der Waals surface area (Å²) in [7, 11) is 0. The van der Waals surface area contributed by atoms with Gasteiger partial charge in [0.15, 0.2) is 0 Å². The van der Waals surface area contributed by atoms with Crippen LogP contribution in [0.5, 0.6) is 0 Å². The average Bonchev–Trinajstić information content (AvgIpc) is 2.78. The van der Waals surface area contributed by atoms with Crippen LogP contribution in [0.1, 0.15) is 5.76 Å². The third-order valence-electron chi connectivity index (χ3n) is 2.20. The summed E-state index contributed by atoms with van der Waals surface area (Å²) in [4.78, 5) is 14.3. The van der Waals surface area contributed by atoms with Crippen molar-refractivity contribution in [2.24, 2.45) is 0 Å². The van der Waals surface area contributed by atoms with Gasteiger partial charge in [-0.1, -0.05) is 22.0 Å². The van der Waals surface area contributed by atoms with E-state index in [2.05, 4.69) is 20.9 Å². The maximum atomic E-state index is 10.6. The van der Waals surface area contributed by atoms with Gasteiger partial charge < -0.3 is 4.42 Å². The number of non-ortho nitro benzene ring substituents is 1. The molecule has 0 aliphatic carbocycles. The van der Waals surface area contributed by atoms with Crippen molar-refractivity contribution in [2.75, 3.05) is 5.33 Å². The lowest BCUT2D eigenvalue weighted by Gasteiger charge is -1.95. The van der Waals surface area contributed by atoms with Crippen LogP contribution in [0.25, 0.3) is 11.5 Å². The average molecular weight is 297 g/mol. The molecule has 0 saturated carbocycles. The Morgan fingerprint density at radius 2 is 2.29 bits per heavy atom. The molecule has 2 aromatic rings. The summed E-state index contributed by atoms with van der Waals surface area (Å²) < 4.78 is 5.48. The standard InChI is InChI=1S/C11H9BrN2O3/c12-5-4-10-7-13-11(17-10)8-2-1-3-9(6-8)14(15)16/h1-3,6-7H,4-5H2. The minimum Gasteiger partial charge on any atom is -0.441 e. The topological polar surface area (TPSA) is 69.2 Å². The number of nitrogens with zero attached hydrogens (tertiary/aromatic N) is 2. The van der Waals surface area contributed by atoms with Crippen molar-refractivity contribution < 1.29 is 9.34 Å². The number of hydrogen-bond donors (Lipinski definition) is 0. The molecule has 1 heterocycles. The number of oxazole rings is 1. The number of nitro groups is 1. The summed E-state index contributed by atoms with van der Waals surface area (Å²) in [6, 6.07) is 6.23. The summed E-state index contributed by atoms with van der Waals surface area (Å²) in [5.74, 6) is 1.16. The maximum absolute atomic E-state index is 10.6. The van der Waals surface area contributed by atoms with Crippen molar-refractivity contribution in [3.63, 3.8) is 0 Å². The normalized spacial score (nSPS) is 10.4. The zero-order chi connectivity index (χ0) is 12.3. The van der Waals surface area contributed by atoms with Gasteiger partial charge in [0.1, 0.15) is 5.76 Å². The smallest absolute Gasteiger partial charge is 0.270 e. The van der Waals surface area contributed by atoms with E-state index >= 15 is 0 Å². The van der Waals surface area contributed by atoms with Gasteiger partial charge in [0.05, 0.1) is 11.1 Å². The van der Waals surface area contributed by atoms with E-state index in [4.69, 9.17) is 4.42 Å². The van der Waals surface area contributed by atoms with E-state index in [-0.39, 0.29) is 5.69 Å². The SMILES string of the molecule is O=[N+]([O-])c1cccc(-c2ncc(CCBr)o2)c1. The lowest BCUT2D eigenvalue weighted by molar-refractivity contribution is -0.384. The van der Waals surface area contributed by atoms with Gasteiger partial charge in [-0.15, -0.1) is 0 Å². The zero-order valence-electron chi connectivity index (χ0n) is 8.80. The third kappa shape index (κ3) is 2.71. The van der Waals surface area contributed by atoms with Crippen LogP contribution >= 0.6 is 15.9 Å². The number of rotatable bonds is 4. The van der Waals surface area contributed by atoms with Crippen molar-refractivity contribution >= 4 is 21.6 Å². The van der Waals surface area contributed by atoms with Crippen LogP contribution in [0.15, 0.2) is 34.9 Å². The maximum Gasteiger partial charge on any atom is 0.270 e. The number of aromatic nitrogens is 1. The Bertz CT molecular complexity index is 539. The van der Waals surface area contributed by atoms with Crippen molar-refractivity contribution in [2.45, 2.75) is 6.42 Å². The molecule has 0 aliphatic heterocycles. The Balaban J connectivity index is 2.32. The van der Waals surface area contributed by atoms with Crippen LogP contribution in [-0.2, 0) is 6.42 Å². The molecule has 0 N–H and O–H groups in total. The van der Waals surface area contributed by atoms with E-state index in [0.29, 0.717) is 11.5 Å². The number of benzene rings is 1. The molecule has 0 atom stereocenters. The van der Waals surface area contributed by atoms with Crippen LogP contribution in [0.4, 0.5) is 5.69 Å². The van der Waals surface area contributed by atoms with Crippen LogP contribution < -0.4 is 0 Å². The number of halogens is 1. The predicted octanol–water partition coefficient (Wildman–Crippen LogP) is 3.19. The number of hydrogen-bond acceptors (Lipinski definition) is 4. The molecule has 5 nitrogen and oxygen atoms in total. The Morgan fingerprint density at radius 1 is 1.47 bits per heavy atom. The molecular weight excluding hydrogens is 288 g/mol. The Kier molecular flexibility index (Phi) is 3.53. The van der Waals surface area contributed by atoms with Gasteiger partial charge in [-0.05, 0) is 6.07 Å². The first-order valence-electron chi connectivity index (χ1n) is 4.96. The van der Waals surface area contributed by atoms with Crippen molar-refractivity contribution in [3.05, 3.63) is 46.3 Å². The van der Waals surface area contributed by atoms with E-state index in [0.717, 1.165) is 17.5 Å². The summed E-state index contributed by atoms with van der Waals surface area (Å²) in [6.07, 6.45) is 2.37. The highest BCUT2D eigenvalue weighted by molar-refractivity contribution is 9.09. The molecule has 0 radical (unpaired) electrons. The second-order valence-electron chi connectivity index (χ2n) is 3.38. The lowest BCUT2D eigenvalue weighted by atomic mass is 10.2. The summed E-state index contributed by atoms with van der Waals surface area (Å²) in [6.45, 7) is 0. The highest BCUT2D eigenvalue weighted by Crippen LogP contribution is 2.23. The highest BCUT2D eigenvalue weighted by Gasteiger charge is 2.11. The Labute approximate surface area is 106 Å². The molecule has 1 aromatic heterocycles. The number of alkyl halides is 1. The zero-order valence-corrected chi connectivity index (χ0v) is 10.4. The molecule has 0 saturated heterocycles. The third-order valence-corrected chi connectivity index (χ3v) is 2.59. The molecular formula is C11H9BrN2O3. The van der Waals surface area contributed by atoms with Crippen LogP contribution in [0.2, 0.25) is 0 Å². The first-order chi connectivity index (χ1) is 8.20. The predicted molar refractivity (Wildman–Crippen MR) is 66.1 cm³/mol. The summed E-state index contributed by atoms with van der Waals surface area (Å²) in [5.41, 5.74) is 0.641. The molecule has 0 fully saturated rings. The molecule has 0 unspecified atom stereocenters. The molecule has 17 heavy (non-hydrogen) atoms. The van der Waals surface area contributed by atoms with Gasteiger partial charge >= 0.3 is 0 Å². The minimum absolute atomic E-state index is 0.0303. The summed E-state index contributed by atoms with van der Waals surface area (Å²) >= 11 is 3.31. The lowest BCUT2D eigenvalue weighted by Crippen LogP contribution is -1.87. The monoisotopic (exact) mass is 296 g/mol. The van der Waals surface area contributed by atoms with Gasteiger partial charge in [-0.2, -0.15) is 0 Å². The van der Waals surface area contributed by atoms with E-state index in [1.807, 2.05) is 0 Å². The van der Waals surface area contributed by atoms with E-state index in [1.165, 1.54) is 12.1 Å². The molecule has 2 rings (SSSR count). The second kappa shape index (κ2) is 5.09. The van der Waals surface area contributed by atoms with Gasteiger partial charge in [0.25, 0.3) is 5.69 Å². The fraction of sp³-hybridized carbons (Fsp3) is 0.182. The molecule has 0 amide bonds. The van der Waals surface area contributed by atoms with Crippen molar-refractivity contribution in [3.8, 4) is 11.5 Å². The van der Waals surface area contributed by atoms with Gasteiger partial charge in [0, 0.05) is 29.4 Å². The van der Waals surface area contributed by atoms with Crippen LogP contribution in [0.3, 0.4) is 0 Å². The molecule has 0 spiro atoms. The molecule has 88 valence electrons. The minimum atomic E-state index is -0.439. The quantitative estimate of drug-likeness (QED) is 0.493. The Morgan fingerprint density at radius 3 is 3.00 bits per heavy atom. The molecule has 6 heteroatoms. The molecule has 1 aromatic carbocycles. The first kappa shape index (κ1) is 11.8. The number of nitro benzene ring substituents is 1. The molecule has 0 aliphatic rings. The first-order valence-corrected chi connectivity index (χ1v) is 6.08. The highest BCUT2D eigenvalue weighted by atomic mass is 79.9. The summed E-state index contributed by atoms with van der Waals surface area (Å²) in [5, 5.41) is 11.4. The van der Waals surface area contributed by atoms with Crippen molar-refractivity contribution in [1.82, 2.24) is 4.98 Å². The van der Waals surface area contributed by atoms with Crippen molar-refractivity contribution in [1.29, 1.82) is 0 Å². The Hall–Kier alpha value is -1.69. The van der Waals surface area contributed by atoms with E-state index < -0.39 is 4.92 Å². The van der Waals surface area contributed by atoms with Gasteiger partial charge in [-0.25, -0.2) is 4.98 Å². The fourth-order valence-electron chi connectivity index (χ4n) is 1.40. The second-order valence-corrected chi connectivity index (χ2v) is 4.17. The fourth-order valence-corrected chi connectivity index (χ4v) is 1.79. The van der Waals surface area contributed by atoms with Gasteiger partial charge in [0.2, 0.25) is 5.89 Å². The molecule has 0 bridgehead atoms. The van der Waals surface area contributed by atoms with Gasteiger partial charge in [-0.3, -0.25) is 10.1 Å². The largest absolute Gasteiger partial charge is 0.441 e. The van der Waals surface area contributed by atoms with E-state index in [1.54, 1.807) is 18.3 Å². The number of aryl methyl sites for hydroxylation is 1. The van der Waals surface area contributed by atoms with Crippen LogP contribution in [0, 0.1) is 10.1 Å². The van der Waals surface area contributed by atoms with Crippen LogP contribution in [-0.4, -0.2) is 15.2 Å². The van der Waals surface area contributed by atoms with E-state index in [9.17, 15) is 10.1 Å².